The first-order chi connectivity index (χ1) is 11.5. The van der Waals surface area contributed by atoms with Crippen molar-refractivity contribution in [2.45, 2.75) is 13.3 Å². The van der Waals surface area contributed by atoms with Gasteiger partial charge in [-0.25, -0.2) is 0 Å². The molecule has 126 valence electrons. The minimum absolute atomic E-state index is 0.134. The van der Waals surface area contributed by atoms with E-state index < -0.39 is 10.8 Å². The Morgan fingerprint density at radius 3 is 2.71 bits per heavy atom. The quantitative estimate of drug-likeness (QED) is 0.590. The summed E-state index contributed by atoms with van der Waals surface area (Å²) >= 11 is 0. The zero-order valence-corrected chi connectivity index (χ0v) is 13.1. The average Bonchev–Trinajstić information content (AvgIpc) is 3.06. The molecule has 0 saturated heterocycles. The van der Waals surface area contributed by atoms with Crippen LogP contribution in [0, 0.1) is 17.0 Å². The molecule has 0 atom stereocenters. The van der Waals surface area contributed by atoms with Crippen LogP contribution in [0.5, 0.6) is 0 Å². The molecule has 0 aliphatic rings. The molecule has 0 aliphatic heterocycles. The molecule has 2 aromatic rings. The number of nitrogens with zero attached hydrogens (tertiary/aromatic N) is 1. The third-order valence-corrected chi connectivity index (χ3v) is 3.35. The highest BCUT2D eigenvalue weighted by Crippen LogP contribution is 2.19. The Morgan fingerprint density at radius 1 is 1.25 bits per heavy atom. The molecule has 24 heavy (non-hydrogen) atoms. The van der Waals surface area contributed by atoms with Gasteiger partial charge in [0.2, 0.25) is 5.91 Å². The second-order valence-electron chi connectivity index (χ2n) is 5.12. The lowest BCUT2D eigenvalue weighted by Gasteiger charge is -2.07. The van der Waals surface area contributed by atoms with Crippen molar-refractivity contribution in [3.05, 3.63) is 63.6 Å². The lowest BCUT2D eigenvalue weighted by molar-refractivity contribution is -0.385. The Hall–Kier alpha value is -3.16. The van der Waals surface area contributed by atoms with Crippen LogP contribution in [0.4, 0.5) is 5.69 Å². The number of hydrogen-bond acceptors (Lipinski definition) is 5. The maximum atomic E-state index is 12.0. The van der Waals surface area contributed by atoms with Crippen LogP contribution in [0.15, 0.2) is 41.0 Å². The highest BCUT2D eigenvalue weighted by Gasteiger charge is 2.15. The van der Waals surface area contributed by atoms with E-state index in [-0.39, 0.29) is 23.7 Å². The standard InChI is InChI=1S/C16H17N3O5/c1-11-4-5-12(9-14(11)19(22)23)16(21)18-10-15(20)17-7-6-13-3-2-8-24-13/h2-5,8-9H,6-7,10H2,1H3,(H,17,20)(H,18,21). The van der Waals surface area contributed by atoms with Crippen LogP contribution in [0.25, 0.3) is 0 Å². The van der Waals surface area contributed by atoms with Crippen molar-refractivity contribution in [3.63, 3.8) is 0 Å². The van der Waals surface area contributed by atoms with E-state index in [1.165, 1.54) is 18.2 Å². The van der Waals surface area contributed by atoms with Gasteiger partial charge in [0.15, 0.2) is 0 Å². The van der Waals surface area contributed by atoms with Gasteiger partial charge in [-0.05, 0) is 25.1 Å². The smallest absolute Gasteiger partial charge is 0.273 e. The second kappa shape index (κ2) is 7.91. The largest absolute Gasteiger partial charge is 0.469 e. The average molecular weight is 331 g/mol. The summed E-state index contributed by atoms with van der Waals surface area (Å²) in [4.78, 5) is 34.0. The number of hydrogen-bond donors (Lipinski definition) is 2. The molecular weight excluding hydrogens is 314 g/mol. The van der Waals surface area contributed by atoms with Gasteiger partial charge in [-0.3, -0.25) is 19.7 Å². The van der Waals surface area contributed by atoms with Crippen molar-refractivity contribution < 1.29 is 18.9 Å². The van der Waals surface area contributed by atoms with Crippen LogP contribution in [-0.2, 0) is 11.2 Å². The highest BCUT2D eigenvalue weighted by molar-refractivity contribution is 5.97. The zero-order chi connectivity index (χ0) is 17.5. The maximum absolute atomic E-state index is 12.0. The van der Waals surface area contributed by atoms with Gasteiger partial charge in [-0.2, -0.15) is 0 Å². The Labute approximate surface area is 138 Å². The minimum Gasteiger partial charge on any atom is -0.469 e. The molecule has 0 unspecified atom stereocenters. The second-order valence-corrected chi connectivity index (χ2v) is 5.12. The molecule has 0 bridgehead atoms. The minimum atomic E-state index is -0.548. The van der Waals surface area contributed by atoms with Crippen LogP contribution in [0.2, 0.25) is 0 Å². The summed E-state index contributed by atoms with van der Waals surface area (Å²) in [5.41, 5.74) is 0.466. The van der Waals surface area contributed by atoms with E-state index in [1.807, 2.05) is 0 Å². The number of nitrogens with one attached hydrogen (secondary N) is 2. The van der Waals surface area contributed by atoms with Gasteiger partial charge in [0.1, 0.15) is 5.76 Å². The molecular formula is C16H17N3O5. The number of amides is 2. The topological polar surface area (TPSA) is 114 Å². The number of carbonyl (C=O) groups excluding carboxylic acids is 2. The normalized spacial score (nSPS) is 10.2. The molecule has 0 fully saturated rings. The van der Waals surface area contributed by atoms with Crippen LogP contribution < -0.4 is 10.6 Å². The molecule has 8 heteroatoms. The summed E-state index contributed by atoms with van der Waals surface area (Å²) in [6.07, 6.45) is 2.11. The van der Waals surface area contributed by atoms with E-state index in [1.54, 1.807) is 25.3 Å². The van der Waals surface area contributed by atoms with Crippen molar-refractivity contribution in [2.24, 2.45) is 0 Å². The fourth-order valence-corrected chi connectivity index (χ4v) is 2.05. The van der Waals surface area contributed by atoms with Crippen molar-refractivity contribution in [1.29, 1.82) is 0 Å². The third kappa shape index (κ3) is 4.67. The molecule has 1 heterocycles. The van der Waals surface area contributed by atoms with E-state index in [0.717, 1.165) is 5.76 Å². The van der Waals surface area contributed by atoms with Gasteiger partial charge in [0, 0.05) is 30.2 Å². The summed E-state index contributed by atoms with van der Waals surface area (Å²) in [5.74, 6) is -0.137. The van der Waals surface area contributed by atoms with Crippen molar-refractivity contribution in [2.75, 3.05) is 13.1 Å². The molecule has 0 spiro atoms. The number of nitro groups is 1. The number of aryl methyl sites for hydroxylation is 1. The highest BCUT2D eigenvalue weighted by atomic mass is 16.6. The van der Waals surface area contributed by atoms with E-state index in [9.17, 15) is 19.7 Å². The molecule has 8 nitrogen and oxygen atoms in total. The summed E-state index contributed by atoms with van der Waals surface area (Å²) in [6, 6.07) is 7.73. The molecule has 0 saturated carbocycles. The fourth-order valence-electron chi connectivity index (χ4n) is 2.05. The van der Waals surface area contributed by atoms with Crippen LogP contribution >= 0.6 is 0 Å². The molecule has 2 N–H and O–H groups in total. The van der Waals surface area contributed by atoms with Gasteiger partial charge in [0.05, 0.1) is 17.7 Å². The first kappa shape index (κ1) is 17.2. The predicted octanol–water partition coefficient (Wildman–Crippen LogP) is 1.58. The lowest BCUT2D eigenvalue weighted by atomic mass is 10.1. The number of benzene rings is 1. The molecule has 2 amide bonds. The van der Waals surface area contributed by atoms with Gasteiger partial charge < -0.3 is 15.1 Å². The zero-order valence-electron chi connectivity index (χ0n) is 13.1. The molecule has 1 aromatic carbocycles. The number of rotatable bonds is 7. The summed E-state index contributed by atoms with van der Waals surface area (Å²) in [5, 5.41) is 16.0. The van der Waals surface area contributed by atoms with Gasteiger partial charge in [-0.15, -0.1) is 0 Å². The molecule has 2 rings (SSSR count). The van der Waals surface area contributed by atoms with Gasteiger partial charge >= 0.3 is 0 Å². The number of nitro benzene ring substituents is 1. The SMILES string of the molecule is Cc1ccc(C(=O)NCC(=O)NCCc2ccco2)cc1[N+](=O)[O-]. The molecule has 0 radical (unpaired) electrons. The van der Waals surface area contributed by atoms with Crippen LogP contribution in [-0.4, -0.2) is 29.8 Å². The van der Waals surface area contributed by atoms with Crippen molar-refractivity contribution in [3.8, 4) is 0 Å². The Balaban J connectivity index is 1.81. The summed E-state index contributed by atoms with van der Waals surface area (Å²) < 4.78 is 5.14. The van der Waals surface area contributed by atoms with Crippen molar-refractivity contribution in [1.82, 2.24) is 10.6 Å². The Morgan fingerprint density at radius 2 is 2.04 bits per heavy atom. The molecule has 1 aromatic heterocycles. The fraction of sp³-hybridized carbons (Fsp3) is 0.250. The first-order valence-electron chi connectivity index (χ1n) is 7.29. The first-order valence-corrected chi connectivity index (χ1v) is 7.29. The van der Waals surface area contributed by atoms with Crippen LogP contribution in [0.3, 0.4) is 0 Å². The third-order valence-electron chi connectivity index (χ3n) is 3.35. The van der Waals surface area contributed by atoms with Gasteiger partial charge in [-0.1, -0.05) is 6.07 Å². The van der Waals surface area contributed by atoms with E-state index in [0.29, 0.717) is 18.5 Å². The van der Waals surface area contributed by atoms with Gasteiger partial charge in [0.25, 0.3) is 11.6 Å². The van der Waals surface area contributed by atoms with E-state index in [2.05, 4.69) is 10.6 Å². The lowest BCUT2D eigenvalue weighted by Crippen LogP contribution is -2.37. The number of furan rings is 1. The summed E-state index contributed by atoms with van der Waals surface area (Å²) in [6.45, 7) is 1.77. The predicted molar refractivity (Wildman–Crippen MR) is 85.6 cm³/mol. The Bertz CT molecular complexity index is 740. The van der Waals surface area contributed by atoms with Crippen LogP contribution in [0.1, 0.15) is 21.7 Å². The van der Waals surface area contributed by atoms with Crippen molar-refractivity contribution >= 4 is 17.5 Å². The van der Waals surface area contributed by atoms with E-state index in [4.69, 9.17) is 4.42 Å². The summed E-state index contributed by atoms with van der Waals surface area (Å²) in [7, 11) is 0. The monoisotopic (exact) mass is 331 g/mol. The maximum Gasteiger partial charge on any atom is 0.273 e. The van der Waals surface area contributed by atoms with E-state index >= 15 is 0 Å². The number of carbonyl (C=O) groups is 2. The molecule has 0 aliphatic carbocycles. The Kier molecular flexibility index (Phi) is 5.67.